The van der Waals surface area contributed by atoms with E-state index in [-0.39, 0.29) is 0 Å². The summed E-state index contributed by atoms with van der Waals surface area (Å²) in [5.74, 6) is 5.93. The molecule has 2 rings (SSSR count). The van der Waals surface area contributed by atoms with Crippen molar-refractivity contribution in [2.24, 2.45) is 5.73 Å². The van der Waals surface area contributed by atoms with E-state index < -0.39 is 0 Å². The van der Waals surface area contributed by atoms with Crippen LogP contribution in [0.3, 0.4) is 0 Å². The van der Waals surface area contributed by atoms with Crippen LogP contribution < -0.4 is 10.6 Å². The Morgan fingerprint density at radius 2 is 1.76 bits per heavy atom. The van der Waals surface area contributed by atoms with Crippen molar-refractivity contribution in [3.05, 3.63) is 65.2 Å². The average molecular weight is 278 g/mol. The Morgan fingerprint density at radius 1 is 1.05 bits per heavy atom. The third-order valence-corrected chi connectivity index (χ3v) is 3.50. The van der Waals surface area contributed by atoms with E-state index in [4.69, 9.17) is 5.73 Å². The summed E-state index contributed by atoms with van der Waals surface area (Å²) in [5, 5.41) is 0. The first kappa shape index (κ1) is 15.2. The minimum Gasteiger partial charge on any atom is -0.367 e. The first-order valence-electron chi connectivity index (χ1n) is 7.33. The lowest BCUT2D eigenvalue weighted by atomic mass is 10.1. The van der Waals surface area contributed by atoms with Crippen LogP contribution in [0.2, 0.25) is 0 Å². The fraction of sp³-hybridized carbons (Fsp3) is 0.263. The van der Waals surface area contributed by atoms with Crippen LogP contribution in [0.15, 0.2) is 48.5 Å². The zero-order valence-corrected chi connectivity index (χ0v) is 12.8. The number of hydrogen-bond donors (Lipinski definition) is 1. The first-order chi connectivity index (χ1) is 10.2. The molecule has 0 aliphatic carbocycles. The number of benzene rings is 2. The molecule has 0 bridgehead atoms. The van der Waals surface area contributed by atoms with Gasteiger partial charge >= 0.3 is 0 Å². The predicted molar refractivity (Wildman–Crippen MR) is 90.3 cm³/mol. The molecule has 0 fully saturated rings. The van der Waals surface area contributed by atoms with Crippen molar-refractivity contribution in [1.29, 1.82) is 0 Å². The van der Waals surface area contributed by atoms with Crippen LogP contribution in [-0.2, 0) is 6.54 Å². The van der Waals surface area contributed by atoms with Gasteiger partial charge < -0.3 is 10.6 Å². The van der Waals surface area contributed by atoms with Gasteiger partial charge in [0.15, 0.2) is 0 Å². The van der Waals surface area contributed by atoms with Crippen molar-refractivity contribution in [1.82, 2.24) is 0 Å². The highest BCUT2D eigenvalue weighted by Gasteiger charge is 2.07. The Balaban J connectivity index is 2.14. The molecule has 0 radical (unpaired) electrons. The average Bonchev–Trinajstić information content (AvgIpc) is 2.52. The minimum absolute atomic E-state index is 0.401. The molecule has 2 aromatic carbocycles. The molecule has 0 saturated heterocycles. The minimum atomic E-state index is 0.401. The third-order valence-electron chi connectivity index (χ3n) is 3.50. The number of rotatable bonds is 4. The molecule has 2 heteroatoms. The van der Waals surface area contributed by atoms with Gasteiger partial charge in [0.2, 0.25) is 0 Å². The molecule has 2 nitrogen and oxygen atoms in total. The van der Waals surface area contributed by atoms with Crippen molar-refractivity contribution in [3.8, 4) is 11.8 Å². The van der Waals surface area contributed by atoms with E-state index in [0.29, 0.717) is 6.54 Å². The summed E-state index contributed by atoms with van der Waals surface area (Å²) in [5.41, 5.74) is 10.3. The largest absolute Gasteiger partial charge is 0.367 e. The lowest BCUT2D eigenvalue weighted by Crippen LogP contribution is -2.22. The molecule has 0 aliphatic heterocycles. The van der Waals surface area contributed by atoms with Crippen molar-refractivity contribution in [2.45, 2.75) is 20.4 Å². The van der Waals surface area contributed by atoms with Gasteiger partial charge in [0.1, 0.15) is 0 Å². The lowest BCUT2D eigenvalue weighted by Gasteiger charge is -2.25. The van der Waals surface area contributed by atoms with Gasteiger partial charge in [-0.1, -0.05) is 42.2 Å². The maximum Gasteiger partial charge on any atom is 0.0555 e. The van der Waals surface area contributed by atoms with E-state index >= 15 is 0 Å². The molecule has 21 heavy (non-hydrogen) atoms. The Kier molecular flexibility index (Phi) is 5.43. The van der Waals surface area contributed by atoms with E-state index in [9.17, 15) is 0 Å². The smallest absolute Gasteiger partial charge is 0.0555 e. The number of hydrogen-bond acceptors (Lipinski definition) is 2. The SMILES string of the molecule is CCN(Cc1ccc(C#CCN)cc1)c1ccccc1C. The van der Waals surface area contributed by atoms with Crippen LogP contribution in [-0.4, -0.2) is 13.1 Å². The number of nitrogens with two attached hydrogens (primary N) is 1. The van der Waals surface area contributed by atoms with Gasteiger partial charge in [-0.3, -0.25) is 0 Å². The fourth-order valence-electron chi connectivity index (χ4n) is 2.35. The normalized spacial score (nSPS) is 9.86. The van der Waals surface area contributed by atoms with Gasteiger partial charge in [-0.2, -0.15) is 0 Å². The zero-order chi connectivity index (χ0) is 15.1. The molecule has 0 aliphatic rings. The number of para-hydroxylation sites is 1. The molecule has 108 valence electrons. The monoisotopic (exact) mass is 278 g/mol. The van der Waals surface area contributed by atoms with Crippen molar-refractivity contribution < 1.29 is 0 Å². The van der Waals surface area contributed by atoms with E-state index in [0.717, 1.165) is 18.7 Å². The van der Waals surface area contributed by atoms with Gasteiger partial charge in [0.25, 0.3) is 0 Å². The molecule has 0 saturated carbocycles. The zero-order valence-electron chi connectivity index (χ0n) is 12.8. The maximum absolute atomic E-state index is 5.39. The predicted octanol–water partition coefficient (Wildman–Crippen LogP) is 3.33. The number of nitrogens with zero attached hydrogens (tertiary/aromatic N) is 1. The molecule has 0 spiro atoms. The lowest BCUT2D eigenvalue weighted by molar-refractivity contribution is 0.828. The second-order valence-corrected chi connectivity index (χ2v) is 5.00. The van der Waals surface area contributed by atoms with E-state index in [1.165, 1.54) is 16.8 Å². The van der Waals surface area contributed by atoms with Crippen molar-refractivity contribution in [2.75, 3.05) is 18.0 Å². The molecular formula is C19H22N2. The Hall–Kier alpha value is -2.24. The summed E-state index contributed by atoms with van der Waals surface area (Å²) in [6.07, 6.45) is 0. The van der Waals surface area contributed by atoms with Gasteiger partial charge in [-0.05, 0) is 43.2 Å². The van der Waals surface area contributed by atoms with Crippen LogP contribution in [0, 0.1) is 18.8 Å². The molecule has 0 atom stereocenters. The van der Waals surface area contributed by atoms with Gasteiger partial charge in [-0.25, -0.2) is 0 Å². The summed E-state index contributed by atoms with van der Waals surface area (Å²) in [6, 6.07) is 16.9. The molecule has 2 aromatic rings. The van der Waals surface area contributed by atoms with Crippen LogP contribution in [0.25, 0.3) is 0 Å². The molecule has 0 amide bonds. The molecule has 0 aromatic heterocycles. The second kappa shape index (κ2) is 7.52. The second-order valence-electron chi connectivity index (χ2n) is 5.00. The fourth-order valence-corrected chi connectivity index (χ4v) is 2.35. The van der Waals surface area contributed by atoms with E-state index in [1.54, 1.807) is 0 Å². The number of aryl methyl sites for hydroxylation is 1. The highest BCUT2D eigenvalue weighted by atomic mass is 15.1. The summed E-state index contributed by atoms with van der Waals surface area (Å²) in [4.78, 5) is 2.38. The topological polar surface area (TPSA) is 29.3 Å². The van der Waals surface area contributed by atoms with E-state index in [2.05, 4.69) is 79.1 Å². The quantitative estimate of drug-likeness (QED) is 0.869. The maximum atomic E-state index is 5.39. The van der Waals surface area contributed by atoms with Crippen LogP contribution >= 0.6 is 0 Å². The Morgan fingerprint density at radius 3 is 2.38 bits per heavy atom. The first-order valence-corrected chi connectivity index (χ1v) is 7.33. The van der Waals surface area contributed by atoms with Crippen LogP contribution in [0.5, 0.6) is 0 Å². The van der Waals surface area contributed by atoms with E-state index in [1.807, 2.05) is 0 Å². The molecule has 0 unspecified atom stereocenters. The van der Waals surface area contributed by atoms with Gasteiger partial charge in [-0.15, -0.1) is 0 Å². The van der Waals surface area contributed by atoms with Crippen molar-refractivity contribution >= 4 is 5.69 Å². The van der Waals surface area contributed by atoms with Crippen LogP contribution in [0.1, 0.15) is 23.6 Å². The van der Waals surface area contributed by atoms with Crippen LogP contribution in [0.4, 0.5) is 5.69 Å². The summed E-state index contributed by atoms with van der Waals surface area (Å²) in [7, 11) is 0. The Bertz CT molecular complexity index is 633. The molecule has 2 N–H and O–H groups in total. The van der Waals surface area contributed by atoms with Gasteiger partial charge in [0.05, 0.1) is 6.54 Å². The van der Waals surface area contributed by atoms with Gasteiger partial charge in [0, 0.05) is 24.3 Å². The highest BCUT2D eigenvalue weighted by molar-refractivity contribution is 5.53. The summed E-state index contributed by atoms with van der Waals surface area (Å²) >= 11 is 0. The third kappa shape index (κ3) is 4.11. The van der Waals surface area contributed by atoms with Crippen molar-refractivity contribution in [3.63, 3.8) is 0 Å². The Labute approximate surface area is 127 Å². The standard InChI is InChI=1S/C19H22N2/c1-3-21(19-9-5-4-7-16(19)2)15-18-12-10-17(11-13-18)8-6-14-20/h4-5,7,9-13H,3,14-15,20H2,1-2H3. The molecular weight excluding hydrogens is 256 g/mol. The molecule has 0 heterocycles. The summed E-state index contributed by atoms with van der Waals surface area (Å²) in [6.45, 7) is 6.64. The summed E-state index contributed by atoms with van der Waals surface area (Å²) < 4.78 is 0. The highest BCUT2D eigenvalue weighted by Crippen LogP contribution is 2.21. The number of anilines is 1.